The van der Waals surface area contributed by atoms with Gasteiger partial charge in [0.15, 0.2) is 4.77 Å². The standard InChI is InChI=1S/C17H17FN2S/c1-10-4-7-16-15(8-10)19-17(21)20(16)12(3)13-6-5-11(2)14(18)9-13/h4-9,12H,1-3H3,(H,19,21). The highest BCUT2D eigenvalue weighted by molar-refractivity contribution is 7.71. The van der Waals surface area contributed by atoms with E-state index < -0.39 is 0 Å². The summed E-state index contributed by atoms with van der Waals surface area (Å²) in [6.07, 6.45) is 0. The summed E-state index contributed by atoms with van der Waals surface area (Å²) in [4.78, 5) is 3.23. The van der Waals surface area contributed by atoms with Crippen LogP contribution in [0.5, 0.6) is 0 Å². The SMILES string of the molecule is Cc1ccc2c(c1)[nH]c(=S)n2C(C)c1ccc(C)c(F)c1. The van der Waals surface area contributed by atoms with Crippen LogP contribution in [0.3, 0.4) is 0 Å². The maximum atomic E-state index is 13.8. The number of H-pyrrole nitrogens is 1. The van der Waals surface area contributed by atoms with Crippen molar-refractivity contribution in [3.8, 4) is 0 Å². The molecule has 4 heteroatoms. The van der Waals surface area contributed by atoms with Crippen LogP contribution in [0.15, 0.2) is 36.4 Å². The van der Waals surface area contributed by atoms with Crippen molar-refractivity contribution in [3.63, 3.8) is 0 Å². The average Bonchev–Trinajstić information content (AvgIpc) is 2.76. The molecule has 1 aromatic heterocycles. The summed E-state index contributed by atoms with van der Waals surface area (Å²) in [6.45, 7) is 5.85. The van der Waals surface area contributed by atoms with Gasteiger partial charge in [0.05, 0.1) is 17.1 Å². The lowest BCUT2D eigenvalue weighted by atomic mass is 10.1. The minimum atomic E-state index is -0.179. The van der Waals surface area contributed by atoms with Crippen molar-refractivity contribution >= 4 is 23.3 Å². The Balaban J connectivity index is 2.17. The number of aromatic nitrogens is 2. The molecule has 0 saturated carbocycles. The van der Waals surface area contributed by atoms with E-state index in [0.717, 1.165) is 16.6 Å². The summed E-state index contributed by atoms with van der Waals surface area (Å²) >= 11 is 5.44. The normalized spacial score (nSPS) is 12.8. The Morgan fingerprint density at radius 3 is 2.62 bits per heavy atom. The molecule has 0 aliphatic rings. The van der Waals surface area contributed by atoms with E-state index in [0.29, 0.717) is 10.3 Å². The molecule has 1 atom stereocenters. The molecule has 21 heavy (non-hydrogen) atoms. The molecular formula is C17H17FN2S. The predicted molar refractivity (Wildman–Crippen MR) is 86.8 cm³/mol. The number of hydrogen-bond donors (Lipinski definition) is 1. The van der Waals surface area contributed by atoms with Gasteiger partial charge in [0.1, 0.15) is 5.82 Å². The van der Waals surface area contributed by atoms with E-state index in [2.05, 4.69) is 23.2 Å². The van der Waals surface area contributed by atoms with Crippen molar-refractivity contribution in [3.05, 3.63) is 63.7 Å². The smallest absolute Gasteiger partial charge is 0.178 e. The van der Waals surface area contributed by atoms with Gasteiger partial charge in [-0.1, -0.05) is 18.2 Å². The molecule has 0 radical (unpaired) electrons. The van der Waals surface area contributed by atoms with E-state index in [1.165, 1.54) is 5.56 Å². The summed E-state index contributed by atoms with van der Waals surface area (Å²) in [7, 11) is 0. The van der Waals surface area contributed by atoms with Crippen molar-refractivity contribution in [2.45, 2.75) is 26.8 Å². The van der Waals surface area contributed by atoms with Crippen molar-refractivity contribution < 1.29 is 4.39 Å². The number of nitrogens with zero attached hydrogens (tertiary/aromatic N) is 1. The summed E-state index contributed by atoms with van der Waals surface area (Å²) in [5.41, 5.74) is 4.80. The summed E-state index contributed by atoms with van der Waals surface area (Å²) in [6, 6.07) is 11.5. The van der Waals surface area contributed by atoms with Gasteiger partial charge in [0.2, 0.25) is 0 Å². The van der Waals surface area contributed by atoms with Crippen LogP contribution >= 0.6 is 12.2 Å². The van der Waals surface area contributed by atoms with Gasteiger partial charge in [0, 0.05) is 0 Å². The number of aromatic amines is 1. The number of aryl methyl sites for hydroxylation is 2. The third-order valence-electron chi connectivity index (χ3n) is 3.94. The first-order valence-corrected chi connectivity index (χ1v) is 7.35. The Morgan fingerprint density at radius 1 is 1.14 bits per heavy atom. The van der Waals surface area contributed by atoms with Crippen molar-refractivity contribution in [2.75, 3.05) is 0 Å². The maximum Gasteiger partial charge on any atom is 0.178 e. The lowest BCUT2D eigenvalue weighted by Crippen LogP contribution is -2.07. The minimum Gasteiger partial charge on any atom is -0.331 e. The van der Waals surface area contributed by atoms with Crippen LogP contribution in [0.2, 0.25) is 0 Å². The summed E-state index contributed by atoms with van der Waals surface area (Å²) < 4.78 is 16.5. The largest absolute Gasteiger partial charge is 0.331 e. The fourth-order valence-corrected chi connectivity index (χ4v) is 3.01. The van der Waals surface area contributed by atoms with Crippen LogP contribution in [0, 0.1) is 24.4 Å². The van der Waals surface area contributed by atoms with Gasteiger partial charge in [0.25, 0.3) is 0 Å². The van der Waals surface area contributed by atoms with Crippen LogP contribution < -0.4 is 0 Å². The molecule has 2 aromatic carbocycles. The van der Waals surface area contributed by atoms with Crippen LogP contribution in [-0.4, -0.2) is 9.55 Å². The van der Waals surface area contributed by atoms with Crippen LogP contribution in [0.1, 0.15) is 29.7 Å². The second-order valence-corrected chi connectivity index (χ2v) is 5.89. The third-order valence-corrected chi connectivity index (χ3v) is 4.24. The molecule has 108 valence electrons. The van der Waals surface area contributed by atoms with Crippen LogP contribution in [0.25, 0.3) is 11.0 Å². The van der Waals surface area contributed by atoms with Crippen molar-refractivity contribution in [2.24, 2.45) is 0 Å². The van der Waals surface area contributed by atoms with Gasteiger partial charge in [-0.05, 0) is 67.9 Å². The molecule has 1 N–H and O–H groups in total. The van der Waals surface area contributed by atoms with Crippen molar-refractivity contribution in [1.82, 2.24) is 9.55 Å². The number of rotatable bonds is 2. The Morgan fingerprint density at radius 2 is 1.90 bits per heavy atom. The van der Waals surface area contributed by atoms with E-state index in [-0.39, 0.29) is 11.9 Å². The Hall–Kier alpha value is -1.94. The maximum absolute atomic E-state index is 13.8. The molecule has 2 nitrogen and oxygen atoms in total. The van der Waals surface area contributed by atoms with Gasteiger partial charge >= 0.3 is 0 Å². The molecule has 0 aliphatic carbocycles. The van der Waals surface area contributed by atoms with E-state index in [1.807, 2.05) is 30.5 Å². The number of nitrogens with one attached hydrogen (secondary N) is 1. The fourth-order valence-electron chi connectivity index (χ4n) is 2.65. The number of hydrogen-bond acceptors (Lipinski definition) is 1. The second kappa shape index (κ2) is 5.11. The molecule has 0 fully saturated rings. The fraction of sp³-hybridized carbons (Fsp3) is 0.235. The van der Waals surface area contributed by atoms with Gasteiger partial charge < -0.3 is 9.55 Å². The first kappa shape index (κ1) is 14.0. The first-order valence-electron chi connectivity index (χ1n) is 6.94. The number of fused-ring (bicyclic) bond motifs is 1. The topological polar surface area (TPSA) is 20.7 Å². The Labute approximate surface area is 128 Å². The number of halogens is 1. The molecule has 3 rings (SSSR count). The molecule has 1 unspecified atom stereocenters. The third kappa shape index (κ3) is 2.40. The molecule has 1 heterocycles. The zero-order valence-corrected chi connectivity index (χ0v) is 13.1. The summed E-state index contributed by atoms with van der Waals surface area (Å²) in [5.74, 6) is -0.179. The lowest BCUT2D eigenvalue weighted by molar-refractivity contribution is 0.600. The summed E-state index contributed by atoms with van der Waals surface area (Å²) in [5, 5.41) is 0. The first-order chi connectivity index (χ1) is 9.97. The van der Waals surface area contributed by atoms with Crippen molar-refractivity contribution in [1.29, 1.82) is 0 Å². The van der Waals surface area contributed by atoms with E-state index >= 15 is 0 Å². The Kier molecular flexibility index (Phi) is 3.41. The van der Waals surface area contributed by atoms with Gasteiger partial charge in [-0.3, -0.25) is 0 Å². The molecule has 0 spiro atoms. The average molecular weight is 300 g/mol. The molecule has 0 aliphatic heterocycles. The molecule has 0 bridgehead atoms. The molecule has 3 aromatic rings. The Bertz CT molecular complexity index is 876. The predicted octanol–water partition coefficient (Wildman–Crippen LogP) is 5.06. The monoisotopic (exact) mass is 300 g/mol. The quantitative estimate of drug-likeness (QED) is 0.656. The van der Waals surface area contributed by atoms with E-state index in [4.69, 9.17) is 12.2 Å². The van der Waals surface area contributed by atoms with Gasteiger partial charge in [-0.2, -0.15) is 0 Å². The van der Waals surface area contributed by atoms with E-state index in [1.54, 1.807) is 13.0 Å². The van der Waals surface area contributed by atoms with Crippen LogP contribution in [-0.2, 0) is 0 Å². The highest BCUT2D eigenvalue weighted by Crippen LogP contribution is 2.26. The molecule has 0 amide bonds. The zero-order valence-electron chi connectivity index (χ0n) is 12.3. The zero-order chi connectivity index (χ0) is 15.1. The highest BCUT2D eigenvalue weighted by Gasteiger charge is 2.14. The number of imidazole rings is 1. The van der Waals surface area contributed by atoms with Gasteiger partial charge in [-0.25, -0.2) is 4.39 Å². The van der Waals surface area contributed by atoms with E-state index in [9.17, 15) is 4.39 Å². The van der Waals surface area contributed by atoms with Crippen LogP contribution in [0.4, 0.5) is 4.39 Å². The highest BCUT2D eigenvalue weighted by atomic mass is 32.1. The van der Waals surface area contributed by atoms with Gasteiger partial charge in [-0.15, -0.1) is 0 Å². The number of benzene rings is 2. The molecule has 0 saturated heterocycles. The minimum absolute atomic E-state index is 0.0240. The second-order valence-electron chi connectivity index (χ2n) is 5.51. The molecular weight excluding hydrogens is 283 g/mol. The lowest BCUT2D eigenvalue weighted by Gasteiger charge is -2.16.